The topological polar surface area (TPSA) is 244 Å². The number of nitrogen functional groups attached to an aromatic ring is 1. The number of hydrogen-bond donors (Lipinski definition) is 5. The molecule has 190 valence electrons. The third-order valence-electron chi connectivity index (χ3n) is 5.03. The van der Waals surface area contributed by atoms with Gasteiger partial charge < -0.3 is 35.2 Å². The third-order valence-corrected chi connectivity index (χ3v) is 7.15. The second-order valence-corrected chi connectivity index (χ2v) is 10.2. The summed E-state index contributed by atoms with van der Waals surface area (Å²) in [6, 6.07) is 0. The highest BCUT2D eigenvalue weighted by Gasteiger charge is 2.49. The van der Waals surface area contributed by atoms with Gasteiger partial charge in [-0.2, -0.15) is 0 Å². The minimum absolute atomic E-state index is 0.0174. The maximum atomic E-state index is 12.3. The van der Waals surface area contributed by atoms with Crippen molar-refractivity contribution in [2.45, 2.75) is 25.4 Å². The predicted octanol–water partition coefficient (Wildman–Crippen LogP) is -2.61. The first-order chi connectivity index (χ1) is 15.7. The van der Waals surface area contributed by atoms with E-state index < -0.39 is 52.2 Å². The van der Waals surface area contributed by atoms with Crippen LogP contribution in [0, 0.1) is 5.92 Å². The fourth-order valence-corrected chi connectivity index (χ4v) is 5.31. The van der Waals surface area contributed by atoms with Crippen LogP contribution in [0.5, 0.6) is 0 Å². The number of nitrogens with one attached hydrogen (secondary N) is 2. The summed E-state index contributed by atoms with van der Waals surface area (Å²) in [5.41, 5.74) is 5.50. The van der Waals surface area contributed by atoms with Crippen LogP contribution in [0.2, 0.25) is 0 Å². The van der Waals surface area contributed by atoms with E-state index >= 15 is 0 Å². The summed E-state index contributed by atoms with van der Waals surface area (Å²) in [6.45, 7) is 0.578. The maximum Gasteiger partial charge on any atom is 0.478 e. The van der Waals surface area contributed by atoms with Gasteiger partial charge in [-0.1, -0.05) is 4.98 Å². The molecule has 0 saturated carbocycles. The van der Waals surface area contributed by atoms with Crippen LogP contribution in [0.3, 0.4) is 0 Å². The standard InChI is InChI=1S/C15H24N6O11P2/c1-7(22)17-4-8-9(5-30-34(27,28)32-33(24,25)26)31-14(11(8)29-3)21-6-20(2)10-12(21)18-15(16)19-13(10)23/h6,8-9,11,14H,4-5H2,1-3H3,(H6-,16,17,18,19,22,23,24,25,26,27,28)/t8-,9-,11-,14-/m1/s1. The van der Waals surface area contributed by atoms with Gasteiger partial charge in [-0.05, 0) is 0 Å². The molecule has 19 heteroatoms. The van der Waals surface area contributed by atoms with E-state index in [-0.39, 0.29) is 29.6 Å². The number of imidazole rings is 1. The fourth-order valence-electron chi connectivity index (χ4n) is 3.74. The van der Waals surface area contributed by atoms with E-state index in [1.807, 2.05) is 0 Å². The van der Waals surface area contributed by atoms with Crippen molar-refractivity contribution < 1.29 is 51.5 Å². The van der Waals surface area contributed by atoms with Gasteiger partial charge in [0.05, 0.1) is 19.8 Å². The first-order valence-corrected chi connectivity index (χ1v) is 12.6. The number of aryl methyl sites for hydroxylation is 1. The number of phosphoric ester groups is 1. The molecule has 17 nitrogen and oxygen atoms in total. The number of rotatable bonds is 9. The van der Waals surface area contributed by atoms with Crippen molar-refractivity contribution in [3.05, 3.63) is 16.7 Å². The highest BCUT2D eigenvalue weighted by atomic mass is 31.3. The van der Waals surface area contributed by atoms with Gasteiger partial charge in [0.2, 0.25) is 17.7 Å². The van der Waals surface area contributed by atoms with Gasteiger partial charge in [-0.15, -0.1) is 0 Å². The maximum absolute atomic E-state index is 12.3. The first-order valence-electron chi connectivity index (χ1n) is 9.63. The number of carbonyl (C=O) groups is 1. The molecule has 2 aromatic rings. The molecule has 1 amide bonds. The molecule has 34 heavy (non-hydrogen) atoms. The number of nitrogens with zero attached hydrogens (tertiary/aromatic N) is 3. The Morgan fingerprint density at radius 1 is 1.47 bits per heavy atom. The van der Waals surface area contributed by atoms with E-state index in [0.717, 1.165) is 0 Å². The number of methoxy groups -OCH3 is 1. The summed E-state index contributed by atoms with van der Waals surface area (Å²) in [4.78, 5) is 59.4. The number of carbonyl (C=O) groups excluding carboxylic acids is 1. The summed E-state index contributed by atoms with van der Waals surface area (Å²) in [5, 5.41) is 2.59. The van der Waals surface area contributed by atoms with Crippen LogP contribution in [-0.4, -0.2) is 62.7 Å². The van der Waals surface area contributed by atoms with Gasteiger partial charge in [-0.25, -0.2) is 13.4 Å². The second kappa shape index (κ2) is 9.81. The van der Waals surface area contributed by atoms with Crippen molar-refractivity contribution in [2.75, 3.05) is 26.0 Å². The molecule has 1 saturated heterocycles. The van der Waals surface area contributed by atoms with E-state index in [2.05, 4.69) is 19.6 Å². The number of aromatic nitrogens is 4. The Morgan fingerprint density at radius 3 is 2.74 bits per heavy atom. The lowest BCUT2D eigenvalue weighted by atomic mass is 9.98. The average Bonchev–Trinajstić information content (AvgIpc) is 3.19. The molecule has 1 fully saturated rings. The largest absolute Gasteiger partial charge is 0.756 e. The number of amides is 1. The third kappa shape index (κ3) is 5.89. The van der Waals surface area contributed by atoms with Crippen molar-refractivity contribution in [3.63, 3.8) is 0 Å². The first kappa shape index (κ1) is 26.4. The van der Waals surface area contributed by atoms with Gasteiger partial charge in [0, 0.05) is 26.5 Å². The van der Waals surface area contributed by atoms with Crippen molar-refractivity contribution in [1.82, 2.24) is 19.9 Å². The molecule has 6 N–H and O–H groups in total. The molecule has 0 bridgehead atoms. The van der Waals surface area contributed by atoms with E-state index in [4.69, 9.17) is 24.6 Å². The summed E-state index contributed by atoms with van der Waals surface area (Å²) >= 11 is 0. The molecule has 2 unspecified atom stereocenters. The molecule has 1 aliphatic heterocycles. The quantitative estimate of drug-likeness (QED) is 0.166. The lowest BCUT2D eigenvalue weighted by molar-refractivity contribution is -0.746. The molecular formula is C15H24N6O11P2. The Hall–Kier alpha value is -2.20. The van der Waals surface area contributed by atoms with Crippen molar-refractivity contribution in [2.24, 2.45) is 13.0 Å². The number of ether oxygens (including phenoxy) is 2. The van der Waals surface area contributed by atoms with Crippen LogP contribution in [0.15, 0.2) is 11.1 Å². The Kier molecular flexibility index (Phi) is 7.62. The van der Waals surface area contributed by atoms with Crippen LogP contribution < -0.4 is 26.1 Å². The van der Waals surface area contributed by atoms with Crippen LogP contribution in [0.4, 0.5) is 5.95 Å². The smallest absolute Gasteiger partial charge is 0.478 e. The number of H-pyrrole nitrogens is 1. The van der Waals surface area contributed by atoms with Crippen LogP contribution in [-0.2, 0) is 39.3 Å². The Labute approximate surface area is 191 Å². The van der Waals surface area contributed by atoms with Crippen molar-refractivity contribution in [3.8, 4) is 0 Å². The number of anilines is 1. The van der Waals surface area contributed by atoms with E-state index in [1.165, 1.54) is 29.5 Å². The van der Waals surface area contributed by atoms with Gasteiger partial charge in [-0.3, -0.25) is 28.2 Å². The highest BCUT2D eigenvalue weighted by molar-refractivity contribution is 7.60. The van der Waals surface area contributed by atoms with Gasteiger partial charge >= 0.3 is 13.5 Å². The molecule has 0 aliphatic carbocycles. The number of aromatic amines is 1. The van der Waals surface area contributed by atoms with Crippen LogP contribution in [0.1, 0.15) is 13.2 Å². The minimum Gasteiger partial charge on any atom is -0.756 e. The molecule has 3 rings (SSSR count). The Morgan fingerprint density at radius 2 is 2.15 bits per heavy atom. The van der Waals surface area contributed by atoms with E-state index in [0.29, 0.717) is 0 Å². The number of hydrogen-bond acceptors (Lipinski definition) is 11. The Balaban J connectivity index is 1.96. The molecule has 6 atom stereocenters. The molecule has 2 aromatic heterocycles. The zero-order chi connectivity index (χ0) is 25.4. The van der Waals surface area contributed by atoms with Crippen molar-refractivity contribution in [1.29, 1.82) is 0 Å². The summed E-state index contributed by atoms with van der Waals surface area (Å²) in [7, 11) is -7.83. The zero-order valence-electron chi connectivity index (χ0n) is 18.2. The van der Waals surface area contributed by atoms with E-state index in [9.17, 15) is 28.5 Å². The van der Waals surface area contributed by atoms with E-state index in [1.54, 1.807) is 7.05 Å². The summed E-state index contributed by atoms with van der Waals surface area (Å²) in [6.07, 6.45) is -1.32. The SMILES string of the molecule is CO[C@@H]1[C@H](CNC(C)=O)[C@@H](COP(=O)(O)OP(=O)([O-])O)O[C@H]1[n+]1cn(C)c2c(=O)[nH]c(N)nc21. The number of fused-ring (bicyclic) bond motifs is 1. The molecule has 1 aliphatic rings. The zero-order valence-corrected chi connectivity index (χ0v) is 20.0. The van der Waals surface area contributed by atoms with Gasteiger partial charge in [0.15, 0.2) is 6.33 Å². The lowest BCUT2D eigenvalue weighted by Crippen LogP contribution is -2.47. The number of nitrogens with two attached hydrogens (primary N) is 1. The monoisotopic (exact) mass is 526 g/mol. The second-order valence-electron chi connectivity index (χ2n) is 7.44. The lowest BCUT2D eigenvalue weighted by Gasteiger charge is -2.23. The summed E-state index contributed by atoms with van der Waals surface area (Å²) < 4.78 is 45.5. The van der Waals surface area contributed by atoms with Crippen LogP contribution in [0.25, 0.3) is 11.2 Å². The average molecular weight is 526 g/mol. The summed E-state index contributed by atoms with van der Waals surface area (Å²) in [5.74, 6) is -1.21. The molecule has 3 heterocycles. The van der Waals surface area contributed by atoms with Crippen molar-refractivity contribution >= 4 is 38.7 Å². The van der Waals surface area contributed by atoms with Gasteiger partial charge in [0.1, 0.15) is 6.10 Å². The minimum atomic E-state index is -5.57. The molecule has 0 radical (unpaired) electrons. The molecule has 0 spiro atoms. The number of phosphoric acid groups is 2. The molecule has 0 aromatic carbocycles. The normalized spacial score (nSPS) is 26.3. The molecular weight excluding hydrogens is 502 g/mol. The predicted molar refractivity (Wildman–Crippen MR) is 110 cm³/mol. The Bertz CT molecular complexity index is 1230. The van der Waals surface area contributed by atoms with Gasteiger partial charge in [0.25, 0.3) is 19.3 Å². The highest BCUT2D eigenvalue weighted by Crippen LogP contribution is 2.55. The fraction of sp³-hybridized carbons (Fsp3) is 0.600. The van der Waals surface area contributed by atoms with Crippen LogP contribution >= 0.6 is 15.6 Å².